The summed E-state index contributed by atoms with van der Waals surface area (Å²) in [5, 5.41) is 46.8. The molecule has 3 N–H and O–H groups in total. The standard InChI is InChI=1S/C10H9N3O6/c11-3-6-7(13(18)19)1-5(4-12-6)10(17)8(14)2-9(15)16/h1,4,8,10,14,17H,2H2,(H,15,16). The van der Waals surface area contributed by atoms with Crippen LogP contribution in [0.5, 0.6) is 0 Å². The van der Waals surface area contributed by atoms with Gasteiger partial charge in [-0.1, -0.05) is 0 Å². The Bertz CT molecular complexity index is 553. The quantitative estimate of drug-likeness (QED) is 0.485. The second-order valence-corrected chi connectivity index (χ2v) is 3.62. The summed E-state index contributed by atoms with van der Waals surface area (Å²) in [4.78, 5) is 23.7. The van der Waals surface area contributed by atoms with Gasteiger partial charge in [-0.05, 0) is 0 Å². The van der Waals surface area contributed by atoms with Gasteiger partial charge >= 0.3 is 11.7 Å². The normalized spacial score (nSPS) is 13.3. The second-order valence-electron chi connectivity index (χ2n) is 3.62. The van der Waals surface area contributed by atoms with Crippen molar-refractivity contribution in [2.45, 2.75) is 18.6 Å². The van der Waals surface area contributed by atoms with Gasteiger partial charge in [0.25, 0.3) is 0 Å². The number of nitriles is 1. The first-order chi connectivity index (χ1) is 8.86. The van der Waals surface area contributed by atoms with E-state index in [4.69, 9.17) is 10.4 Å². The number of carbonyl (C=O) groups is 1. The number of aliphatic hydroxyl groups is 2. The van der Waals surface area contributed by atoms with Crippen molar-refractivity contribution < 1.29 is 25.0 Å². The summed E-state index contributed by atoms with van der Waals surface area (Å²) in [6, 6.07) is 2.39. The molecule has 0 saturated heterocycles. The average molecular weight is 267 g/mol. The van der Waals surface area contributed by atoms with Crippen LogP contribution in [0.15, 0.2) is 12.3 Å². The lowest BCUT2D eigenvalue weighted by atomic mass is 10.0. The van der Waals surface area contributed by atoms with E-state index in [0.29, 0.717) is 0 Å². The zero-order valence-electron chi connectivity index (χ0n) is 9.42. The first-order valence-corrected chi connectivity index (χ1v) is 4.99. The summed E-state index contributed by atoms with van der Waals surface area (Å²) >= 11 is 0. The van der Waals surface area contributed by atoms with Crippen molar-refractivity contribution in [3.05, 3.63) is 33.6 Å². The Morgan fingerprint density at radius 3 is 2.68 bits per heavy atom. The van der Waals surface area contributed by atoms with E-state index in [2.05, 4.69) is 4.98 Å². The largest absolute Gasteiger partial charge is 0.481 e. The van der Waals surface area contributed by atoms with E-state index in [1.807, 2.05) is 0 Å². The minimum Gasteiger partial charge on any atom is -0.481 e. The Morgan fingerprint density at radius 1 is 1.58 bits per heavy atom. The molecule has 0 amide bonds. The van der Waals surface area contributed by atoms with Crippen molar-refractivity contribution in [2.75, 3.05) is 0 Å². The number of carboxylic acids is 1. The minimum absolute atomic E-state index is 0.139. The van der Waals surface area contributed by atoms with Crippen molar-refractivity contribution in [3.63, 3.8) is 0 Å². The van der Waals surface area contributed by atoms with Crippen LogP contribution in [0.25, 0.3) is 0 Å². The number of carboxylic acid groups (broad SMARTS) is 1. The van der Waals surface area contributed by atoms with E-state index in [9.17, 15) is 25.1 Å². The van der Waals surface area contributed by atoms with Crippen LogP contribution in [-0.2, 0) is 4.79 Å². The highest BCUT2D eigenvalue weighted by Gasteiger charge is 2.25. The molecule has 1 heterocycles. The molecule has 0 fully saturated rings. The second kappa shape index (κ2) is 5.85. The first-order valence-electron chi connectivity index (χ1n) is 4.99. The smallest absolute Gasteiger partial charge is 0.306 e. The molecule has 0 radical (unpaired) electrons. The fourth-order valence-electron chi connectivity index (χ4n) is 1.37. The van der Waals surface area contributed by atoms with E-state index in [1.54, 1.807) is 0 Å². The van der Waals surface area contributed by atoms with Gasteiger partial charge in [0.15, 0.2) is 0 Å². The van der Waals surface area contributed by atoms with Crippen molar-refractivity contribution in [1.29, 1.82) is 5.26 Å². The number of hydrogen-bond donors (Lipinski definition) is 3. The van der Waals surface area contributed by atoms with Crippen LogP contribution in [0, 0.1) is 21.4 Å². The number of aliphatic hydroxyl groups excluding tert-OH is 2. The SMILES string of the molecule is N#Cc1ncc(C(O)C(O)CC(=O)O)cc1[N+](=O)[O-]. The molecule has 1 rings (SSSR count). The number of aromatic nitrogens is 1. The molecule has 9 heteroatoms. The van der Waals surface area contributed by atoms with Crippen LogP contribution in [0.3, 0.4) is 0 Å². The lowest BCUT2D eigenvalue weighted by Gasteiger charge is -2.15. The minimum atomic E-state index is -1.64. The summed E-state index contributed by atoms with van der Waals surface area (Å²) in [7, 11) is 0. The zero-order valence-corrected chi connectivity index (χ0v) is 9.42. The number of hydrogen-bond acceptors (Lipinski definition) is 7. The molecular weight excluding hydrogens is 258 g/mol. The fraction of sp³-hybridized carbons (Fsp3) is 0.300. The molecule has 1 aromatic heterocycles. The molecule has 0 aliphatic carbocycles. The zero-order chi connectivity index (χ0) is 14.6. The topological polar surface area (TPSA) is 158 Å². The maximum Gasteiger partial charge on any atom is 0.306 e. The van der Waals surface area contributed by atoms with Gasteiger partial charge in [0, 0.05) is 17.8 Å². The molecule has 2 unspecified atom stereocenters. The number of rotatable bonds is 5. The molecule has 0 saturated carbocycles. The Kier molecular flexibility index (Phi) is 4.46. The molecule has 0 aliphatic rings. The van der Waals surface area contributed by atoms with Crippen LogP contribution < -0.4 is 0 Å². The van der Waals surface area contributed by atoms with Crippen LogP contribution >= 0.6 is 0 Å². The Balaban J connectivity index is 3.08. The van der Waals surface area contributed by atoms with E-state index in [1.165, 1.54) is 6.07 Å². The maximum absolute atomic E-state index is 10.7. The van der Waals surface area contributed by atoms with Gasteiger partial charge in [-0.25, -0.2) is 4.98 Å². The summed E-state index contributed by atoms with van der Waals surface area (Å²) < 4.78 is 0. The van der Waals surface area contributed by atoms with Crippen LogP contribution in [-0.4, -0.2) is 37.3 Å². The molecule has 100 valence electrons. The Labute approximate surface area is 106 Å². The Morgan fingerprint density at radius 2 is 2.21 bits per heavy atom. The molecule has 0 spiro atoms. The van der Waals surface area contributed by atoms with E-state index in [-0.39, 0.29) is 5.56 Å². The highest BCUT2D eigenvalue weighted by atomic mass is 16.6. The molecular formula is C10H9N3O6. The molecule has 1 aromatic rings. The van der Waals surface area contributed by atoms with Gasteiger partial charge in [-0.15, -0.1) is 0 Å². The monoisotopic (exact) mass is 267 g/mol. The summed E-state index contributed by atoms with van der Waals surface area (Å²) in [6.45, 7) is 0. The fourth-order valence-corrected chi connectivity index (χ4v) is 1.37. The van der Waals surface area contributed by atoms with E-state index >= 15 is 0 Å². The predicted octanol–water partition coefficient (Wildman–Crippen LogP) is -0.270. The van der Waals surface area contributed by atoms with Crippen molar-refractivity contribution in [3.8, 4) is 6.07 Å². The van der Waals surface area contributed by atoms with Gasteiger partial charge in [0.2, 0.25) is 5.69 Å². The third kappa shape index (κ3) is 3.44. The maximum atomic E-state index is 10.7. The lowest BCUT2D eigenvalue weighted by Crippen LogP contribution is -2.22. The van der Waals surface area contributed by atoms with E-state index < -0.39 is 40.9 Å². The highest BCUT2D eigenvalue weighted by molar-refractivity contribution is 5.67. The number of nitro groups is 1. The van der Waals surface area contributed by atoms with Crippen molar-refractivity contribution in [1.82, 2.24) is 4.98 Å². The van der Waals surface area contributed by atoms with E-state index in [0.717, 1.165) is 12.3 Å². The van der Waals surface area contributed by atoms with Crippen molar-refractivity contribution >= 4 is 11.7 Å². The highest BCUT2D eigenvalue weighted by Crippen LogP contribution is 2.24. The lowest BCUT2D eigenvalue weighted by molar-refractivity contribution is -0.385. The van der Waals surface area contributed by atoms with Crippen LogP contribution in [0.4, 0.5) is 5.69 Å². The molecule has 2 atom stereocenters. The molecule has 19 heavy (non-hydrogen) atoms. The number of aliphatic carboxylic acids is 1. The third-order valence-electron chi connectivity index (χ3n) is 2.28. The van der Waals surface area contributed by atoms with Gasteiger partial charge in [0.05, 0.1) is 17.4 Å². The number of pyridine rings is 1. The average Bonchev–Trinajstić information content (AvgIpc) is 2.36. The summed E-state index contributed by atoms with van der Waals surface area (Å²) in [5.41, 5.74) is -1.20. The van der Waals surface area contributed by atoms with Crippen LogP contribution in [0.2, 0.25) is 0 Å². The van der Waals surface area contributed by atoms with Crippen molar-refractivity contribution in [2.24, 2.45) is 0 Å². The van der Waals surface area contributed by atoms with Gasteiger partial charge in [0.1, 0.15) is 12.2 Å². The molecule has 0 bridgehead atoms. The van der Waals surface area contributed by atoms with Gasteiger partial charge in [-0.2, -0.15) is 5.26 Å². The first kappa shape index (κ1) is 14.5. The molecule has 0 aromatic carbocycles. The molecule has 0 aliphatic heterocycles. The summed E-state index contributed by atoms with van der Waals surface area (Å²) in [5.74, 6) is -1.33. The summed E-state index contributed by atoms with van der Waals surface area (Å²) in [6.07, 6.45) is -3.03. The third-order valence-corrected chi connectivity index (χ3v) is 2.28. The Hall–Kier alpha value is -2.57. The van der Waals surface area contributed by atoms with Crippen LogP contribution in [0.1, 0.15) is 23.8 Å². The number of nitrogens with zero attached hydrogens (tertiary/aromatic N) is 3. The predicted molar refractivity (Wildman–Crippen MR) is 58.8 cm³/mol. The van der Waals surface area contributed by atoms with Gasteiger partial charge in [-0.3, -0.25) is 14.9 Å². The van der Waals surface area contributed by atoms with Gasteiger partial charge < -0.3 is 15.3 Å². The molecule has 9 nitrogen and oxygen atoms in total.